The highest BCUT2D eigenvalue weighted by atomic mass is 16.3. The molecule has 0 spiro atoms. The molecule has 0 unspecified atom stereocenters. The number of hydrogen-bond acceptors (Lipinski definition) is 4. The Bertz CT molecular complexity index is 187. The number of rotatable bonds is 5. The van der Waals surface area contributed by atoms with Crippen LogP contribution in [-0.4, -0.2) is 73.7 Å². The summed E-state index contributed by atoms with van der Waals surface area (Å²) in [5.74, 6) is 0.199. The molecule has 0 aliphatic carbocycles. The Labute approximate surface area is 84.7 Å². The van der Waals surface area contributed by atoms with Crippen LogP contribution in [0.15, 0.2) is 0 Å². The summed E-state index contributed by atoms with van der Waals surface area (Å²) in [4.78, 5) is 15.4. The van der Waals surface area contributed by atoms with Crippen molar-refractivity contribution in [2.24, 2.45) is 0 Å². The van der Waals surface area contributed by atoms with Crippen molar-refractivity contribution in [1.29, 1.82) is 0 Å². The Morgan fingerprint density at radius 1 is 1.43 bits per heavy atom. The zero-order valence-electron chi connectivity index (χ0n) is 8.70. The highest BCUT2D eigenvalue weighted by Gasteiger charge is 2.20. The van der Waals surface area contributed by atoms with E-state index in [2.05, 4.69) is 5.32 Å². The van der Waals surface area contributed by atoms with Crippen LogP contribution in [0.25, 0.3) is 0 Å². The molecule has 0 bridgehead atoms. The third kappa shape index (κ3) is 3.61. The molecule has 0 aromatic carbocycles. The number of aliphatic hydroxyl groups excluding tert-OH is 1. The fourth-order valence-corrected chi connectivity index (χ4v) is 1.48. The van der Waals surface area contributed by atoms with E-state index in [0.717, 1.165) is 26.2 Å². The van der Waals surface area contributed by atoms with E-state index < -0.39 is 0 Å². The molecular formula is C9H19N3O2. The van der Waals surface area contributed by atoms with Crippen molar-refractivity contribution in [1.82, 2.24) is 15.1 Å². The van der Waals surface area contributed by atoms with E-state index in [9.17, 15) is 4.79 Å². The van der Waals surface area contributed by atoms with Crippen LogP contribution in [0.1, 0.15) is 0 Å². The van der Waals surface area contributed by atoms with Gasteiger partial charge in [0.15, 0.2) is 0 Å². The van der Waals surface area contributed by atoms with Crippen molar-refractivity contribution in [3.05, 3.63) is 0 Å². The molecule has 1 rings (SSSR count). The average molecular weight is 201 g/mol. The maximum absolute atomic E-state index is 11.5. The molecule has 0 radical (unpaired) electrons. The summed E-state index contributed by atoms with van der Waals surface area (Å²) in [6, 6.07) is 0. The van der Waals surface area contributed by atoms with Crippen molar-refractivity contribution in [3.8, 4) is 0 Å². The van der Waals surface area contributed by atoms with Crippen molar-refractivity contribution < 1.29 is 9.90 Å². The van der Waals surface area contributed by atoms with Gasteiger partial charge in [-0.3, -0.25) is 9.69 Å². The smallest absolute Gasteiger partial charge is 0.236 e. The quantitative estimate of drug-likeness (QED) is 0.523. The van der Waals surface area contributed by atoms with Crippen LogP contribution in [0.5, 0.6) is 0 Å². The number of carbonyl (C=O) groups excluding carboxylic acids is 1. The fraction of sp³-hybridized carbons (Fsp3) is 0.889. The molecule has 5 heteroatoms. The molecule has 0 aromatic rings. The number of piperazine rings is 1. The van der Waals surface area contributed by atoms with Gasteiger partial charge in [-0.05, 0) is 7.05 Å². The van der Waals surface area contributed by atoms with Crippen molar-refractivity contribution in [2.75, 3.05) is 52.9 Å². The van der Waals surface area contributed by atoms with Gasteiger partial charge >= 0.3 is 0 Å². The van der Waals surface area contributed by atoms with Crippen LogP contribution >= 0.6 is 0 Å². The molecular weight excluding hydrogens is 182 g/mol. The van der Waals surface area contributed by atoms with Crippen LogP contribution in [0.3, 0.4) is 0 Å². The Morgan fingerprint density at radius 3 is 2.86 bits per heavy atom. The predicted octanol–water partition coefficient (Wildman–Crippen LogP) is -1.66. The lowest BCUT2D eigenvalue weighted by molar-refractivity contribution is -0.135. The summed E-state index contributed by atoms with van der Waals surface area (Å²) in [6.45, 7) is 4.54. The summed E-state index contributed by atoms with van der Waals surface area (Å²) in [5, 5.41) is 11.6. The van der Waals surface area contributed by atoms with Gasteiger partial charge in [-0.25, -0.2) is 0 Å². The van der Waals surface area contributed by atoms with E-state index in [1.54, 1.807) is 0 Å². The zero-order chi connectivity index (χ0) is 10.4. The summed E-state index contributed by atoms with van der Waals surface area (Å²) < 4.78 is 0. The molecule has 1 amide bonds. The van der Waals surface area contributed by atoms with Gasteiger partial charge in [0, 0.05) is 32.7 Å². The van der Waals surface area contributed by atoms with Gasteiger partial charge in [-0.2, -0.15) is 0 Å². The minimum atomic E-state index is 0.149. The maximum Gasteiger partial charge on any atom is 0.236 e. The van der Waals surface area contributed by atoms with Gasteiger partial charge in [0.05, 0.1) is 13.2 Å². The zero-order valence-corrected chi connectivity index (χ0v) is 8.70. The highest BCUT2D eigenvalue weighted by Crippen LogP contribution is 1.99. The van der Waals surface area contributed by atoms with Gasteiger partial charge in [-0.1, -0.05) is 0 Å². The van der Waals surface area contributed by atoms with Crippen LogP contribution < -0.4 is 5.32 Å². The Morgan fingerprint density at radius 2 is 2.21 bits per heavy atom. The second-order valence-corrected chi connectivity index (χ2v) is 3.59. The first kappa shape index (κ1) is 11.4. The predicted molar refractivity (Wildman–Crippen MR) is 54.0 cm³/mol. The number of likely N-dealkylation sites (N-methyl/N-ethyl adjacent to an activating group) is 1. The normalized spacial score (nSPS) is 19.0. The molecule has 0 atom stereocenters. The lowest BCUT2D eigenvalue weighted by atomic mass is 10.3. The molecule has 0 saturated carbocycles. The minimum Gasteiger partial charge on any atom is -0.395 e. The van der Waals surface area contributed by atoms with Crippen molar-refractivity contribution in [3.63, 3.8) is 0 Å². The molecule has 2 N–H and O–H groups in total. The topological polar surface area (TPSA) is 55.8 Å². The van der Waals surface area contributed by atoms with Gasteiger partial charge < -0.3 is 15.3 Å². The largest absolute Gasteiger partial charge is 0.395 e. The van der Waals surface area contributed by atoms with E-state index in [1.165, 1.54) is 0 Å². The third-order valence-electron chi connectivity index (χ3n) is 2.36. The summed E-state index contributed by atoms with van der Waals surface area (Å²) in [6.07, 6.45) is 0. The van der Waals surface area contributed by atoms with E-state index in [-0.39, 0.29) is 12.5 Å². The number of hydrogen-bond donors (Lipinski definition) is 2. The number of aliphatic hydroxyl groups is 1. The molecule has 82 valence electrons. The van der Waals surface area contributed by atoms with Crippen LogP contribution in [0.4, 0.5) is 0 Å². The van der Waals surface area contributed by atoms with E-state index >= 15 is 0 Å². The van der Waals surface area contributed by atoms with E-state index in [4.69, 9.17) is 5.11 Å². The molecule has 1 saturated heterocycles. The monoisotopic (exact) mass is 201 g/mol. The molecule has 1 aliphatic heterocycles. The summed E-state index contributed by atoms with van der Waals surface area (Å²) in [7, 11) is 1.96. The van der Waals surface area contributed by atoms with Crippen LogP contribution in [0, 0.1) is 0 Å². The first-order valence-corrected chi connectivity index (χ1v) is 5.02. The molecule has 1 aliphatic rings. The number of nitrogens with one attached hydrogen (secondary N) is 1. The number of amides is 1. The lowest BCUT2D eigenvalue weighted by Crippen LogP contribution is -2.50. The molecule has 14 heavy (non-hydrogen) atoms. The Hall–Kier alpha value is -0.650. The standard InChI is InChI=1S/C9H19N3O2/c1-11-5-6-12(9(14)8-11)4-2-10-3-7-13/h10,13H,2-8H2,1H3. The Kier molecular flexibility index (Phi) is 4.86. The van der Waals surface area contributed by atoms with Gasteiger partial charge in [0.1, 0.15) is 0 Å². The number of carbonyl (C=O) groups is 1. The van der Waals surface area contributed by atoms with Gasteiger partial charge in [0.2, 0.25) is 5.91 Å². The molecule has 5 nitrogen and oxygen atoms in total. The second-order valence-electron chi connectivity index (χ2n) is 3.59. The van der Waals surface area contributed by atoms with Gasteiger partial charge in [-0.15, -0.1) is 0 Å². The lowest BCUT2D eigenvalue weighted by Gasteiger charge is -2.32. The van der Waals surface area contributed by atoms with Gasteiger partial charge in [0.25, 0.3) is 0 Å². The third-order valence-corrected chi connectivity index (χ3v) is 2.36. The summed E-state index contributed by atoms with van der Waals surface area (Å²) in [5.41, 5.74) is 0. The van der Waals surface area contributed by atoms with Crippen LogP contribution in [0.2, 0.25) is 0 Å². The van der Waals surface area contributed by atoms with Crippen molar-refractivity contribution >= 4 is 5.91 Å². The van der Waals surface area contributed by atoms with E-state index in [0.29, 0.717) is 13.1 Å². The number of nitrogens with zero attached hydrogens (tertiary/aromatic N) is 2. The van der Waals surface area contributed by atoms with E-state index in [1.807, 2.05) is 16.8 Å². The first-order chi connectivity index (χ1) is 6.74. The average Bonchev–Trinajstić information content (AvgIpc) is 2.15. The van der Waals surface area contributed by atoms with Crippen molar-refractivity contribution in [2.45, 2.75) is 0 Å². The molecule has 0 aromatic heterocycles. The van der Waals surface area contributed by atoms with Crippen LogP contribution in [-0.2, 0) is 4.79 Å². The summed E-state index contributed by atoms with van der Waals surface area (Å²) >= 11 is 0. The molecule has 1 heterocycles. The Balaban J connectivity index is 2.14. The minimum absolute atomic E-state index is 0.149. The first-order valence-electron chi connectivity index (χ1n) is 5.02. The SMILES string of the molecule is CN1CCN(CCNCCO)C(=O)C1. The second kappa shape index (κ2) is 5.95. The highest BCUT2D eigenvalue weighted by molar-refractivity contribution is 5.78. The fourth-order valence-electron chi connectivity index (χ4n) is 1.48. The molecule has 1 fully saturated rings. The maximum atomic E-state index is 11.5.